The Kier molecular flexibility index (Phi) is 4.37. The minimum Gasteiger partial charge on any atom is -0.489 e. The maximum Gasteiger partial charge on any atom is 0.249 e. The molecule has 1 aliphatic rings. The first kappa shape index (κ1) is 14.6. The van der Waals surface area contributed by atoms with Crippen LogP contribution in [0.25, 0.3) is 0 Å². The topological polar surface area (TPSA) is 63.2 Å². The maximum absolute atomic E-state index is 5.80. The number of ether oxygens (including phenoxy) is 1. The number of para-hydroxylation sites is 2. The molecule has 116 valence electrons. The molecular formula is C16H21N5O. The van der Waals surface area contributed by atoms with Gasteiger partial charge in [-0.05, 0) is 38.8 Å². The first-order valence-electron chi connectivity index (χ1n) is 7.70. The Hall–Kier alpha value is -2.37. The third-order valence-corrected chi connectivity index (χ3v) is 3.47. The van der Waals surface area contributed by atoms with Gasteiger partial charge in [-0.1, -0.05) is 12.1 Å². The van der Waals surface area contributed by atoms with E-state index in [0.717, 1.165) is 30.3 Å². The summed E-state index contributed by atoms with van der Waals surface area (Å²) in [5.74, 6) is 2.15. The monoisotopic (exact) mass is 299 g/mol. The fourth-order valence-corrected chi connectivity index (χ4v) is 2.49. The molecule has 1 fully saturated rings. The van der Waals surface area contributed by atoms with E-state index in [1.54, 1.807) is 6.20 Å². The minimum atomic E-state index is 0.109. The standard InChI is InChI=1S/C16H21N5O/c1-12(2)22-14-8-4-3-7-13(14)18-16-19-15(11-17-20-16)21-9-5-6-10-21/h3-4,7-8,11-12H,5-6,9-10H2,1-2H3,(H,18,19,20). The van der Waals surface area contributed by atoms with Crippen LogP contribution in [0, 0.1) is 0 Å². The number of benzene rings is 1. The molecule has 6 heteroatoms. The fraction of sp³-hybridized carbons (Fsp3) is 0.438. The van der Waals surface area contributed by atoms with Gasteiger partial charge in [0.1, 0.15) is 5.75 Å². The van der Waals surface area contributed by atoms with Gasteiger partial charge in [0.2, 0.25) is 5.95 Å². The average Bonchev–Trinajstić information content (AvgIpc) is 3.03. The number of aromatic nitrogens is 3. The number of nitrogens with one attached hydrogen (secondary N) is 1. The van der Waals surface area contributed by atoms with Crippen LogP contribution in [0.3, 0.4) is 0 Å². The molecule has 0 saturated carbocycles. The molecule has 2 heterocycles. The zero-order valence-corrected chi connectivity index (χ0v) is 13.0. The van der Waals surface area contributed by atoms with Crippen LogP contribution in [-0.4, -0.2) is 34.4 Å². The Morgan fingerprint density at radius 3 is 2.73 bits per heavy atom. The van der Waals surface area contributed by atoms with E-state index in [9.17, 15) is 0 Å². The van der Waals surface area contributed by atoms with E-state index in [4.69, 9.17) is 4.74 Å². The van der Waals surface area contributed by atoms with Crippen molar-refractivity contribution in [3.63, 3.8) is 0 Å². The molecule has 1 saturated heterocycles. The van der Waals surface area contributed by atoms with Crippen molar-refractivity contribution in [3.05, 3.63) is 30.5 Å². The average molecular weight is 299 g/mol. The highest BCUT2D eigenvalue weighted by molar-refractivity contribution is 5.62. The molecule has 0 bridgehead atoms. The van der Waals surface area contributed by atoms with E-state index in [1.165, 1.54) is 12.8 Å². The summed E-state index contributed by atoms with van der Waals surface area (Å²) in [6.07, 6.45) is 4.24. The van der Waals surface area contributed by atoms with Crippen LogP contribution in [0.15, 0.2) is 30.5 Å². The van der Waals surface area contributed by atoms with Crippen molar-refractivity contribution >= 4 is 17.5 Å². The first-order valence-corrected chi connectivity index (χ1v) is 7.70. The SMILES string of the molecule is CC(C)Oc1ccccc1Nc1nncc(N2CCCC2)n1. The van der Waals surface area contributed by atoms with Crippen molar-refractivity contribution in [3.8, 4) is 5.75 Å². The third-order valence-electron chi connectivity index (χ3n) is 3.47. The van der Waals surface area contributed by atoms with Crippen molar-refractivity contribution in [2.24, 2.45) is 0 Å². The molecule has 22 heavy (non-hydrogen) atoms. The Labute approximate surface area is 130 Å². The van der Waals surface area contributed by atoms with Gasteiger partial charge in [-0.3, -0.25) is 0 Å². The molecule has 1 aromatic heterocycles. The zero-order valence-electron chi connectivity index (χ0n) is 13.0. The predicted octanol–water partition coefficient (Wildman–Crippen LogP) is 3.00. The molecule has 1 aromatic carbocycles. The molecule has 1 N–H and O–H groups in total. The van der Waals surface area contributed by atoms with Crippen LogP contribution < -0.4 is 15.0 Å². The van der Waals surface area contributed by atoms with Gasteiger partial charge in [-0.2, -0.15) is 10.1 Å². The summed E-state index contributed by atoms with van der Waals surface area (Å²) in [5.41, 5.74) is 0.844. The highest BCUT2D eigenvalue weighted by Crippen LogP contribution is 2.27. The Bertz CT molecular complexity index is 625. The number of hydrogen-bond acceptors (Lipinski definition) is 6. The van der Waals surface area contributed by atoms with Gasteiger partial charge in [0.05, 0.1) is 18.0 Å². The van der Waals surface area contributed by atoms with E-state index in [1.807, 2.05) is 38.1 Å². The summed E-state index contributed by atoms with van der Waals surface area (Å²) in [6, 6.07) is 7.78. The summed E-state index contributed by atoms with van der Waals surface area (Å²) < 4.78 is 5.80. The second kappa shape index (κ2) is 6.60. The van der Waals surface area contributed by atoms with Gasteiger partial charge in [-0.15, -0.1) is 5.10 Å². The summed E-state index contributed by atoms with van der Waals surface area (Å²) in [7, 11) is 0. The lowest BCUT2D eigenvalue weighted by Gasteiger charge is -2.17. The normalized spacial score (nSPS) is 14.4. The van der Waals surface area contributed by atoms with E-state index in [0.29, 0.717) is 5.95 Å². The Morgan fingerprint density at radius 1 is 1.18 bits per heavy atom. The van der Waals surface area contributed by atoms with Crippen molar-refractivity contribution < 1.29 is 4.74 Å². The van der Waals surface area contributed by atoms with Crippen LogP contribution >= 0.6 is 0 Å². The summed E-state index contributed by atoms with van der Waals surface area (Å²) in [4.78, 5) is 6.79. The molecule has 3 rings (SSSR count). The van der Waals surface area contributed by atoms with E-state index >= 15 is 0 Å². The summed E-state index contributed by atoms with van der Waals surface area (Å²) in [6.45, 7) is 6.07. The van der Waals surface area contributed by atoms with Gasteiger partial charge in [0.25, 0.3) is 0 Å². The number of nitrogens with zero attached hydrogens (tertiary/aromatic N) is 4. The lowest BCUT2D eigenvalue weighted by molar-refractivity contribution is 0.244. The lowest BCUT2D eigenvalue weighted by Crippen LogP contribution is -2.20. The molecule has 0 unspecified atom stereocenters. The molecule has 0 spiro atoms. The molecule has 1 aliphatic heterocycles. The largest absolute Gasteiger partial charge is 0.489 e. The highest BCUT2D eigenvalue weighted by atomic mass is 16.5. The van der Waals surface area contributed by atoms with E-state index in [-0.39, 0.29) is 6.10 Å². The number of hydrogen-bond donors (Lipinski definition) is 1. The molecule has 2 aromatic rings. The quantitative estimate of drug-likeness (QED) is 0.915. The van der Waals surface area contributed by atoms with Gasteiger partial charge in [0.15, 0.2) is 5.82 Å². The van der Waals surface area contributed by atoms with Crippen LogP contribution in [0.2, 0.25) is 0 Å². The van der Waals surface area contributed by atoms with Gasteiger partial charge in [0, 0.05) is 13.1 Å². The minimum absolute atomic E-state index is 0.109. The van der Waals surface area contributed by atoms with Gasteiger partial charge >= 0.3 is 0 Å². The summed E-state index contributed by atoms with van der Waals surface area (Å²) >= 11 is 0. The third kappa shape index (κ3) is 3.44. The zero-order chi connectivity index (χ0) is 15.4. The van der Waals surface area contributed by atoms with Crippen LogP contribution in [0.4, 0.5) is 17.5 Å². The van der Waals surface area contributed by atoms with Crippen LogP contribution in [0.5, 0.6) is 5.75 Å². The maximum atomic E-state index is 5.80. The van der Waals surface area contributed by atoms with Crippen LogP contribution in [0.1, 0.15) is 26.7 Å². The fourth-order valence-electron chi connectivity index (χ4n) is 2.49. The second-order valence-corrected chi connectivity index (χ2v) is 5.62. The van der Waals surface area contributed by atoms with E-state index < -0.39 is 0 Å². The number of rotatable bonds is 5. The first-order chi connectivity index (χ1) is 10.7. The lowest BCUT2D eigenvalue weighted by atomic mass is 10.3. The van der Waals surface area contributed by atoms with Crippen molar-refractivity contribution in [2.45, 2.75) is 32.8 Å². The summed E-state index contributed by atoms with van der Waals surface area (Å²) in [5, 5.41) is 11.3. The van der Waals surface area contributed by atoms with Crippen molar-refractivity contribution in [2.75, 3.05) is 23.3 Å². The molecule has 0 atom stereocenters. The van der Waals surface area contributed by atoms with Gasteiger partial charge < -0.3 is 15.0 Å². The molecular weight excluding hydrogens is 278 g/mol. The molecule has 0 radical (unpaired) electrons. The van der Waals surface area contributed by atoms with Crippen molar-refractivity contribution in [1.29, 1.82) is 0 Å². The van der Waals surface area contributed by atoms with Gasteiger partial charge in [-0.25, -0.2) is 0 Å². The molecule has 0 amide bonds. The predicted molar refractivity (Wildman–Crippen MR) is 86.8 cm³/mol. The molecule has 0 aliphatic carbocycles. The number of anilines is 3. The highest BCUT2D eigenvalue weighted by Gasteiger charge is 2.15. The van der Waals surface area contributed by atoms with E-state index in [2.05, 4.69) is 25.4 Å². The molecule has 6 nitrogen and oxygen atoms in total. The van der Waals surface area contributed by atoms with Crippen LogP contribution in [-0.2, 0) is 0 Å². The Balaban J connectivity index is 1.79. The smallest absolute Gasteiger partial charge is 0.249 e. The second-order valence-electron chi connectivity index (χ2n) is 5.62. The van der Waals surface area contributed by atoms with Crippen molar-refractivity contribution in [1.82, 2.24) is 15.2 Å². The Morgan fingerprint density at radius 2 is 1.95 bits per heavy atom.